The summed E-state index contributed by atoms with van der Waals surface area (Å²) < 4.78 is 5.51. The molecule has 0 saturated heterocycles. The van der Waals surface area contributed by atoms with Gasteiger partial charge in [-0.25, -0.2) is 0 Å². The van der Waals surface area contributed by atoms with Crippen molar-refractivity contribution in [3.63, 3.8) is 0 Å². The maximum Gasteiger partial charge on any atom is 0.161 e. The number of anilines is 1. The van der Waals surface area contributed by atoms with Crippen LogP contribution in [0, 0.1) is 5.92 Å². The van der Waals surface area contributed by atoms with Crippen LogP contribution < -0.4 is 10.1 Å². The zero-order valence-corrected chi connectivity index (χ0v) is 29.3. The van der Waals surface area contributed by atoms with E-state index in [1.54, 1.807) is 24.3 Å². The van der Waals surface area contributed by atoms with Crippen LogP contribution in [0.1, 0.15) is 76.2 Å². The number of Topliss-reactive ketones (excluding diaryl/α,β-unsaturated/α-hetero) is 2. The molecule has 0 saturated carbocycles. The summed E-state index contributed by atoms with van der Waals surface area (Å²) in [5, 5.41) is 35.9. The molecular formula is C43H45N3O6. The molecule has 7 rings (SSSR count). The Labute approximate surface area is 303 Å². The summed E-state index contributed by atoms with van der Waals surface area (Å²) in [6.45, 7) is 0.372. The van der Waals surface area contributed by atoms with Crippen molar-refractivity contribution >= 4 is 23.5 Å². The van der Waals surface area contributed by atoms with Crippen molar-refractivity contribution in [3.05, 3.63) is 135 Å². The third-order valence-electron chi connectivity index (χ3n) is 10.5. The van der Waals surface area contributed by atoms with E-state index in [0.717, 1.165) is 50.5 Å². The van der Waals surface area contributed by atoms with Gasteiger partial charge in [-0.1, -0.05) is 42.5 Å². The summed E-state index contributed by atoms with van der Waals surface area (Å²) in [5.74, 6) is 0.180. The third-order valence-corrected chi connectivity index (χ3v) is 10.5. The van der Waals surface area contributed by atoms with Crippen LogP contribution in [0.3, 0.4) is 0 Å². The Balaban J connectivity index is 1.21. The number of nitrogens with one attached hydrogen (secondary N) is 3. The number of aliphatic hydroxyl groups excluding tert-OH is 1. The van der Waals surface area contributed by atoms with Gasteiger partial charge in [-0.15, -0.1) is 0 Å². The number of aryl methyl sites for hydroxylation is 2. The Morgan fingerprint density at radius 3 is 2.44 bits per heavy atom. The van der Waals surface area contributed by atoms with Crippen molar-refractivity contribution < 1.29 is 29.6 Å². The summed E-state index contributed by atoms with van der Waals surface area (Å²) in [6, 6.07) is 23.0. The van der Waals surface area contributed by atoms with Crippen molar-refractivity contribution in [2.45, 2.75) is 63.4 Å². The van der Waals surface area contributed by atoms with Gasteiger partial charge >= 0.3 is 0 Å². The lowest BCUT2D eigenvalue weighted by atomic mass is 9.71. The Morgan fingerprint density at radius 2 is 1.63 bits per heavy atom. The van der Waals surface area contributed by atoms with Crippen LogP contribution in [-0.4, -0.2) is 56.6 Å². The van der Waals surface area contributed by atoms with Crippen molar-refractivity contribution in [2.24, 2.45) is 5.92 Å². The SMILES string of the molecule is COc1cc2cc(c1O)Cc1cccc(c1)Cc1cc[nH]c1NCC1=Cc3[nH]ccc3C(CC(O)CCc3cccc(O)c3)C1C(=O)CC(=O)CC2. The van der Waals surface area contributed by atoms with Crippen molar-refractivity contribution in [2.75, 3.05) is 19.0 Å². The molecule has 2 aromatic heterocycles. The molecule has 3 unspecified atom stereocenters. The largest absolute Gasteiger partial charge is 0.508 e. The van der Waals surface area contributed by atoms with E-state index < -0.39 is 12.0 Å². The Hall–Kier alpha value is -5.54. The smallest absolute Gasteiger partial charge is 0.161 e. The predicted molar refractivity (Wildman–Crippen MR) is 201 cm³/mol. The molecule has 2 aliphatic rings. The highest BCUT2D eigenvalue weighted by Gasteiger charge is 2.38. The number of hydrogen-bond donors (Lipinski definition) is 6. The van der Waals surface area contributed by atoms with Crippen LogP contribution in [0.15, 0.2) is 90.8 Å². The normalized spacial score (nSPS) is 18.4. The molecule has 4 bridgehead atoms. The molecule has 1 aliphatic carbocycles. The van der Waals surface area contributed by atoms with Gasteiger partial charge in [-0.2, -0.15) is 0 Å². The van der Waals surface area contributed by atoms with Gasteiger partial charge in [0.15, 0.2) is 11.5 Å². The number of fused-ring (bicyclic) bond motifs is 7. The number of phenolic OH excluding ortho intramolecular Hbond substituents is 2. The molecule has 3 aromatic carbocycles. The first-order valence-corrected chi connectivity index (χ1v) is 18.0. The van der Waals surface area contributed by atoms with Gasteiger partial charge in [0.2, 0.25) is 0 Å². The molecule has 3 heterocycles. The van der Waals surface area contributed by atoms with E-state index in [0.29, 0.717) is 56.4 Å². The molecule has 0 amide bonds. The molecule has 0 radical (unpaired) electrons. The van der Waals surface area contributed by atoms with Crippen LogP contribution in [0.4, 0.5) is 5.82 Å². The van der Waals surface area contributed by atoms with Gasteiger partial charge in [0, 0.05) is 61.3 Å². The van der Waals surface area contributed by atoms with Gasteiger partial charge in [0.1, 0.15) is 23.1 Å². The molecule has 3 atom stereocenters. The third kappa shape index (κ3) is 7.85. The number of aromatic hydroxyl groups is 2. The minimum atomic E-state index is -0.715. The maximum atomic E-state index is 14.4. The number of hydrogen-bond acceptors (Lipinski definition) is 7. The molecule has 1 aliphatic heterocycles. The fourth-order valence-corrected chi connectivity index (χ4v) is 7.90. The molecule has 0 spiro atoms. The highest BCUT2D eigenvalue weighted by atomic mass is 16.5. The Kier molecular flexibility index (Phi) is 10.3. The van der Waals surface area contributed by atoms with E-state index in [1.807, 2.05) is 54.9 Å². The number of phenols is 2. The zero-order chi connectivity index (χ0) is 36.2. The number of aromatic nitrogens is 2. The average Bonchev–Trinajstić information content (AvgIpc) is 3.79. The number of aliphatic hydroxyl groups is 1. The van der Waals surface area contributed by atoms with Crippen LogP contribution in [-0.2, 0) is 35.3 Å². The van der Waals surface area contributed by atoms with Gasteiger partial charge in [-0.05, 0) is 101 Å². The Bertz CT molecular complexity index is 2110. The lowest BCUT2D eigenvalue weighted by Gasteiger charge is -2.34. The van der Waals surface area contributed by atoms with Gasteiger partial charge in [-0.3, -0.25) is 9.59 Å². The highest BCUT2D eigenvalue weighted by molar-refractivity contribution is 6.02. The average molecular weight is 700 g/mol. The quantitative estimate of drug-likeness (QED) is 0.105. The van der Waals surface area contributed by atoms with E-state index in [1.165, 1.54) is 7.11 Å². The van der Waals surface area contributed by atoms with E-state index >= 15 is 0 Å². The van der Waals surface area contributed by atoms with Gasteiger partial charge < -0.3 is 35.3 Å². The van der Waals surface area contributed by atoms with E-state index in [-0.39, 0.29) is 41.8 Å². The number of carbonyl (C=O) groups is 2. The first kappa shape index (κ1) is 34.9. The lowest BCUT2D eigenvalue weighted by molar-refractivity contribution is -0.129. The van der Waals surface area contributed by atoms with E-state index in [2.05, 4.69) is 27.4 Å². The van der Waals surface area contributed by atoms with Crippen molar-refractivity contribution in [3.8, 4) is 17.2 Å². The van der Waals surface area contributed by atoms with Crippen LogP contribution in [0.25, 0.3) is 6.08 Å². The fourth-order valence-electron chi connectivity index (χ4n) is 7.90. The summed E-state index contributed by atoms with van der Waals surface area (Å²) >= 11 is 0. The molecule has 0 fully saturated rings. The monoisotopic (exact) mass is 699 g/mol. The van der Waals surface area contributed by atoms with E-state index in [4.69, 9.17) is 4.74 Å². The standard InChI is InChI=1S/C43H45N3O6/c1-52-40-21-29-9-11-35(49)24-39(50)41-32(22-38-36(13-15-44-38)37(41)23-34(48)10-8-26-4-3-7-33(47)20-26)25-46-43-30(12-14-45-43)17-27-5-2-6-28(16-27)18-31(19-29)42(40)51/h2-7,12-16,19-22,34,37,41,44-48,51H,8-11,17-18,23-25H2,1H3. The predicted octanol–water partition coefficient (Wildman–Crippen LogP) is 7.01. The van der Waals surface area contributed by atoms with Gasteiger partial charge in [0.25, 0.3) is 0 Å². The van der Waals surface area contributed by atoms with Crippen molar-refractivity contribution in [1.29, 1.82) is 0 Å². The number of H-pyrrole nitrogens is 2. The summed E-state index contributed by atoms with van der Waals surface area (Å²) in [5.41, 5.74) is 8.42. The number of rotatable bonds is 6. The summed E-state index contributed by atoms with van der Waals surface area (Å²) in [4.78, 5) is 34.6. The second-order valence-corrected chi connectivity index (χ2v) is 14.1. The topological polar surface area (TPSA) is 148 Å². The molecule has 9 heteroatoms. The van der Waals surface area contributed by atoms with Crippen LogP contribution in [0.2, 0.25) is 0 Å². The van der Waals surface area contributed by atoms with Crippen LogP contribution in [0.5, 0.6) is 17.2 Å². The number of ether oxygens (including phenoxy) is 1. The molecule has 6 N–H and O–H groups in total. The van der Waals surface area contributed by atoms with Crippen LogP contribution >= 0.6 is 0 Å². The number of ketones is 2. The molecule has 268 valence electrons. The maximum absolute atomic E-state index is 14.4. The fraction of sp³-hybridized carbons (Fsp3) is 0.302. The number of benzene rings is 3. The first-order valence-electron chi connectivity index (χ1n) is 18.0. The summed E-state index contributed by atoms with van der Waals surface area (Å²) in [6.07, 6.45) is 7.93. The van der Waals surface area contributed by atoms with Crippen molar-refractivity contribution in [1.82, 2.24) is 9.97 Å². The number of aromatic amines is 2. The first-order chi connectivity index (χ1) is 25.2. The number of methoxy groups -OCH3 is 1. The molecular weight excluding hydrogens is 654 g/mol. The zero-order valence-electron chi connectivity index (χ0n) is 29.3. The minimum absolute atomic E-state index is 0.0806. The molecule has 52 heavy (non-hydrogen) atoms. The molecule has 9 nitrogen and oxygen atoms in total. The second-order valence-electron chi connectivity index (χ2n) is 14.1. The minimum Gasteiger partial charge on any atom is -0.508 e. The lowest BCUT2D eigenvalue weighted by Crippen LogP contribution is -2.33. The molecule has 5 aromatic rings. The Morgan fingerprint density at radius 1 is 0.846 bits per heavy atom. The van der Waals surface area contributed by atoms with Gasteiger partial charge in [0.05, 0.1) is 19.6 Å². The second kappa shape index (κ2) is 15.4. The van der Waals surface area contributed by atoms with E-state index in [9.17, 15) is 24.9 Å². The highest BCUT2D eigenvalue weighted by Crippen LogP contribution is 2.43. The summed E-state index contributed by atoms with van der Waals surface area (Å²) in [7, 11) is 1.52. The number of carbonyl (C=O) groups excluding carboxylic acids is 2.